The molecule has 0 aliphatic heterocycles. The highest BCUT2D eigenvalue weighted by atomic mass is 32.1. The van der Waals surface area contributed by atoms with Crippen LogP contribution in [0.5, 0.6) is 0 Å². The van der Waals surface area contributed by atoms with Crippen molar-refractivity contribution in [2.24, 2.45) is 11.8 Å². The smallest absolute Gasteiger partial charge is 0.228 e. The van der Waals surface area contributed by atoms with Crippen LogP contribution in [0.25, 0.3) is 10.6 Å². The Morgan fingerprint density at radius 3 is 2.46 bits per heavy atom. The van der Waals surface area contributed by atoms with E-state index < -0.39 is 0 Å². The van der Waals surface area contributed by atoms with Crippen molar-refractivity contribution in [1.29, 1.82) is 0 Å². The van der Waals surface area contributed by atoms with Crippen molar-refractivity contribution in [3.8, 4) is 10.6 Å². The fourth-order valence-corrected chi connectivity index (χ4v) is 3.39. The number of thiazole rings is 1. The van der Waals surface area contributed by atoms with Gasteiger partial charge in [-0.3, -0.25) is 4.79 Å². The molecule has 0 aliphatic rings. The van der Waals surface area contributed by atoms with Crippen LogP contribution in [0.1, 0.15) is 33.4 Å². The monoisotopic (exact) mass is 348 g/mol. The Labute approximate surface area is 147 Å². The molecule has 0 unspecified atom stereocenters. The summed E-state index contributed by atoms with van der Waals surface area (Å²) in [5.41, 5.74) is 1.50. The zero-order chi connectivity index (χ0) is 17.7. The van der Waals surface area contributed by atoms with E-state index in [9.17, 15) is 9.18 Å². The quantitative estimate of drug-likeness (QED) is 0.731. The molecule has 0 fully saturated rings. The van der Waals surface area contributed by atoms with Crippen LogP contribution in [0.15, 0.2) is 29.6 Å². The predicted octanol–water partition coefficient (Wildman–Crippen LogP) is 4.63. The van der Waals surface area contributed by atoms with Crippen molar-refractivity contribution in [2.75, 3.05) is 13.1 Å². The first-order valence-electron chi connectivity index (χ1n) is 8.33. The van der Waals surface area contributed by atoms with Crippen molar-refractivity contribution in [2.45, 2.75) is 34.1 Å². The molecule has 0 aliphatic carbocycles. The SMILES string of the molecule is CC(C)CN(CC(C)C)C(=O)Cc1csc(-c2cccc(F)c2)n1. The van der Waals surface area contributed by atoms with Crippen LogP contribution in [0.3, 0.4) is 0 Å². The van der Waals surface area contributed by atoms with Crippen LogP contribution in [0, 0.1) is 17.7 Å². The summed E-state index contributed by atoms with van der Waals surface area (Å²) in [4.78, 5) is 19.0. The third-order valence-corrected chi connectivity index (χ3v) is 4.42. The molecule has 0 saturated heterocycles. The molecule has 0 spiro atoms. The van der Waals surface area contributed by atoms with E-state index in [4.69, 9.17) is 0 Å². The first-order chi connectivity index (χ1) is 11.3. The number of amides is 1. The molecule has 0 atom stereocenters. The summed E-state index contributed by atoms with van der Waals surface area (Å²) >= 11 is 1.44. The zero-order valence-corrected chi connectivity index (χ0v) is 15.6. The van der Waals surface area contributed by atoms with Gasteiger partial charge in [0.2, 0.25) is 5.91 Å². The summed E-state index contributed by atoms with van der Waals surface area (Å²) in [6.45, 7) is 9.99. The number of aromatic nitrogens is 1. The number of nitrogens with zero attached hydrogens (tertiary/aromatic N) is 2. The second kappa shape index (κ2) is 8.38. The summed E-state index contributed by atoms with van der Waals surface area (Å²) in [7, 11) is 0. The Kier molecular flexibility index (Phi) is 6.49. The van der Waals surface area contributed by atoms with E-state index in [1.807, 2.05) is 16.3 Å². The first kappa shape index (κ1) is 18.6. The Balaban J connectivity index is 2.08. The van der Waals surface area contributed by atoms with E-state index in [1.54, 1.807) is 6.07 Å². The largest absolute Gasteiger partial charge is 0.342 e. The Morgan fingerprint density at radius 2 is 1.88 bits per heavy atom. The van der Waals surface area contributed by atoms with Gasteiger partial charge in [0.25, 0.3) is 0 Å². The highest BCUT2D eigenvalue weighted by Gasteiger charge is 2.18. The summed E-state index contributed by atoms with van der Waals surface area (Å²) in [6, 6.07) is 6.38. The molecule has 1 aromatic heterocycles. The number of carbonyl (C=O) groups is 1. The zero-order valence-electron chi connectivity index (χ0n) is 14.8. The minimum atomic E-state index is -0.277. The first-order valence-corrected chi connectivity index (χ1v) is 9.21. The van der Waals surface area contributed by atoms with Crippen molar-refractivity contribution in [3.05, 3.63) is 41.2 Å². The lowest BCUT2D eigenvalue weighted by Gasteiger charge is -2.26. The molecule has 3 nitrogen and oxygen atoms in total. The maximum absolute atomic E-state index is 13.3. The molecular weight excluding hydrogens is 323 g/mol. The normalized spacial score (nSPS) is 11.3. The van der Waals surface area contributed by atoms with Gasteiger partial charge in [-0.25, -0.2) is 9.37 Å². The average Bonchev–Trinajstić information content (AvgIpc) is 2.94. The number of hydrogen-bond donors (Lipinski definition) is 0. The van der Waals surface area contributed by atoms with Gasteiger partial charge < -0.3 is 4.90 Å². The highest BCUT2D eigenvalue weighted by molar-refractivity contribution is 7.13. The Morgan fingerprint density at radius 1 is 1.21 bits per heavy atom. The topological polar surface area (TPSA) is 33.2 Å². The predicted molar refractivity (Wildman–Crippen MR) is 97.5 cm³/mol. The molecule has 130 valence electrons. The third-order valence-electron chi connectivity index (χ3n) is 3.48. The maximum atomic E-state index is 13.3. The van der Waals surface area contributed by atoms with E-state index in [1.165, 1.54) is 23.5 Å². The molecular formula is C19H25FN2OS. The van der Waals surface area contributed by atoms with E-state index in [0.717, 1.165) is 29.4 Å². The molecule has 2 aromatic rings. The minimum absolute atomic E-state index is 0.105. The van der Waals surface area contributed by atoms with Gasteiger partial charge in [0.15, 0.2) is 0 Å². The molecule has 5 heteroatoms. The minimum Gasteiger partial charge on any atom is -0.342 e. The van der Waals surface area contributed by atoms with Crippen LogP contribution >= 0.6 is 11.3 Å². The van der Waals surface area contributed by atoms with Gasteiger partial charge in [-0.2, -0.15) is 0 Å². The summed E-state index contributed by atoms with van der Waals surface area (Å²) in [6.07, 6.45) is 0.297. The third kappa shape index (κ3) is 5.41. The lowest BCUT2D eigenvalue weighted by atomic mass is 10.1. The van der Waals surface area contributed by atoms with E-state index in [2.05, 4.69) is 32.7 Å². The maximum Gasteiger partial charge on any atom is 0.228 e. The number of hydrogen-bond acceptors (Lipinski definition) is 3. The summed E-state index contributed by atoms with van der Waals surface area (Å²) in [5.74, 6) is 0.700. The van der Waals surface area contributed by atoms with Gasteiger partial charge in [-0.05, 0) is 24.0 Å². The summed E-state index contributed by atoms with van der Waals surface area (Å²) < 4.78 is 13.3. The second-order valence-corrected chi connectivity index (χ2v) is 7.78. The average molecular weight is 348 g/mol. The van der Waals surface area contributed by atoms with Crippen molar-refractivity contribution in [3.63, 3.8) is 0 Å². The molecule has 0 N–H and O–H groups in total. The van der Waals surface area contributed by atoms with Gasteiger partial charge >= 0.3 is 0 Å². The van der Waals surface area contributed by atoms with Crippen LogP contribution < -0.4 is 0 Å². The molecule has 1 heterocycles. The second-order valence-electron chi connectivity index (χ2n) is 6.92. The standard InChI is InChI=1S/C19H25FN2OS/c1-13(2)10-22(11-14(3)4)18(23)9-17-12-24-19(21-17)15-6-5-7-16(20)8-15/h5-8,12-14H,9-11H2,1-4H3. The van der Waals surface area contributed by atoms with Gasteiger partial charge in [0.1, 0.15) is 10.8 Å². The lowest BCUT2D eigenvalue weighted by molar-refractivity contribution is -0.131. The van der Waals surface area contributed by atoms with Gasteiger partial charge in [-0.15, -0.1) is 11.3 Å². The van der Waals surface area contributed by atoms with E-state index in [0.29, 0.717) is 18.3 Å². The van der Waals surface area contributed by atoms with Gasteiger partial charge in [-0.1, -0.05) is 39.8 Å². The Bertz CT molecular complexity index is 672. The van der Waals surface area contributed by atoms with E-state index >= 15 is 0 Å². The Hall–Kier alpha value is -1.75. The van der Waals surface area contributed by atoms with Gasteiger partial charge in [0, 0.05) is 24.0 Å². The molecule has 24 heavy (non-hydrogen) atoms. The highest BCUT2D eigenvalue weighted by Crippen LogP contribution is 2.24. The molecule has 0 radical (unpaired) electrons. The van der Waals surface area contributed by atoms with Crippen LogP contribution in [0.2, 0.25) is 0 Å². The summed E-state index contributed by atoms with van der Waals surface area (Å²) in [5, 5.41) is 2.64. The molecule has 0 saturated carbocycles. The van der Waals surface area contributed by atoms with Gasteiger partial charge in [0.05, 0.1) is 12.1 Å². The number of carbonyl (C=O) groups excluding carboxylic acids is 1. The van der Waals surface area contributed by atoms with Crippen molar-refractivity contribution >= 4 is 17.2 Å². The number of rotatable bonds is 7. The van der Waals surface area contributed by atoms with Crippen LogP contribution in [-0.4, -0.2) is 28.9 Å². The number of benzene rings is 1. The number of halogens is 1. The lowest BCUT2D eigenvalue weighted by Crippen LogP contribution is -2.38. The molecule has 1 amide bonds. The van der Waals surface area contributed by atoms with Crippen molar-refractivity contribution in [1.82, 2.24) is 9.88 Å². The van der Waals surface area contributed by atoms with Crippen LogP contribution in [0.4, 0.5) is 4.39 Å². The fourth-order valence-electron chi connectivity index (χ4n) is 2.57. The molecule has 2 rings (SSSR count). The fraction of sp³-hybridized carbons (Fsp3) is 0.474. The molecule has 0 bridgehead atoms. The molecule has 1 aromatic carbocycles. The van der Waals surface area contributed by atoms with Crippen LogP contribution in [-0.2, 0) is 11.2 Å². The van der Waals surface area contributed by atoms with E-state index in [-0.39, 0.29) is 11.7 Å². The van der Waals surface area contributed by atoms with Crippen molar-refractivity contribution < 1.29 is 9.18 Å².